The number of hydrogen-bond donors (Lipinski definition) is 1. The number of ether oxygens (including phenoxy) is 1. The van der Waals surface area contributed by atoms with Crippen molar-refractivity contribution in [3.05, 3.63) is 20.8 Å². The molecule has 0 amide bonds. The number of thiophene rings is 1. The highest BCUT2D eigenvalue weighted by molar-refractivity contribution is 9.10. The summed E-state index contributed by atoms with van der Waals surface area (Å²) in [5, 5.41) is 2.09. The maximum absolute atomic E-state index is 6.19. The van der Waals surface area contributed by atoms with Crippen LogP contribution >= 0.6 is 27.3 Å². The van der Waals surface area contributed by atoms with Gasteiger partial charge in [-0.15, -0.1) is 11.3 Å². The Kier molecular flexibility index (Phi) is 8.95. The molecule has 110 valence electrons. The van der Waals surface area contributed by atoms with E-state index in [-0.39, 0.29) is 12.1 Å². The Morgan fingerprint density at radius 2 is 2.00 bits per heavy atom. The molecule has 0 spiro atoms. The number of halogens is 1. The largest absolute Gasteiger partial charge is 0.371 e. The Morgan fingerprint density at radius 3 is 2.58 bits per heavy atom. The van der Waals surface area contributed by atoms with Gasteiger partial charge >= 0.3 is 0 Å². The van der Waals surface area contributed by atoms with E-state index in [1.54, 1.807) is 11.3 Å². The Balaban J connectivity index is 2.39. The lowest BCUT2D eigenvalue weighted by atomic mass is 10.1. The van der Waals surface area contributed by atoms with E-state index < -0.39 is 0 Å². The second kappa shape index (κ2) is 9.92. The molecule has 0 aliphatic carbocycles. The molecule has 1 heterocycles. The monoisotopic (exact) mass is 347 g/mol. The third-order valence-corrected chi connectivity index (χ3v) is 5.03. The average Bonchev–Trinajstić information content (AvgIpc) is 2.83. The third-order valence-electron chi connectivity index (χ3n) is 3.27. The van der Waals surface area contributed by atoms with Crippen LogP contribution < -0.4 is 5.73 Å². The number of nitrogens with two attached hydrogens (primary N) is 1. The highest BCUT2D eigenvalue weighted by Crippen LogP contribution is 2.30. The van der Waals surface area contributed by atoms with Gasteiger partial charge in [-0.25, -0.2) is 0 Å². The fraction of sp³-hybridized carbons (Fsp3) is 0.733. The average molecular weight is 348 g/mol. The summed E-state index contributed by atoms with van der Waals surface area (Å²) in [5.41, 5.74) is 6.19. The summed E-state index contributed by atoms with van der Waals surface area (Å²) in [5.74, 6) is 0. The molecular formula is C15H26BrNOS. The predicted molar refractivity (Wildman–Crippen MR) is 87.7 cm³/mol. The third kappa shape index (κ3) is 6.39. The van der Waals surface area contributed by atoms with E-state index in [0.717, 1.165) is 23.9 Å². The van der Waals surface area contributed by atoms with Crippen LogP contribution in [0, 0.1) is 0 Å². The Hall–Kier alpha value is 0.1000. The minimum Gasteiger partial charge on any atom is -0.371 e. The smallest absolute Gasteiger partial charge is 0.107 e. The highest BCUT2D eigenvalue weighted by atomic mass is 79.9. The van der Waals surface area contributed by atoms with Crippen molar-refractivity contribution < 1.29 is 4.74 Å². The fourth-order valence-corrected chi connectivity index (χ4v) is 3.59. The molecule has 2 N–H and O–H groups in total. The van der Waals surface area contributed by atoms with Gasteiger partial charge in [-0.3, -0.25) is 0 Å². The Bertz CT molecular complexity index is 343. The van der Waals surface area contributed by atoms with Crippen molar-refractivity contribution in [2.75, 3.05) is 6.61 Å². The van der Waals surface area contributed by atoms with Crippen LogP contribution in [0.4, 0.5) is 0 Å². The number of hydrogen-bond acceptors (Lipinski definition) is 3. The topological polar surface area (TPSA) is 35.2 Å². The molecule has 0 bridgehead atoms. The first-order valence-electron chi connectivity index (χ1n) is 7.30. The van der Waals surface area contributed by atoms with Gasteiger partial charge in [-0.2, -0.15) is 0 Å². The summed E-state index contributed by atoms with van der Waals surface area (Å²) in [6.07, 6.45) is 7.32. The zero-order valence-electron chi connectivity index (χ0n) is 12.0. The van der Waals surface area contributed by atoms with Crippen LogP contribution in [0.2, 0.25) is 0 Å². The van der Waals surface area contributed by atoms with Crippen molar-refractivity contribution in [1.82, 2.24) is 0 Å². The molecule has 0 radical (unpaired) electrons. The molecule has 2 unspecified atom stereocenters. The van der Waals surface area contributed by atoms with Crippen molar-refractivity contribution in [2.24, 2.45) is 5.73 Å². The minimum absolute atomic E-state index is 0.0486. The van der Waals surface area contributed by atoms with E-state index in [2.05, 4.69) is 41.2 Å². The molecule has 0 aliphatic rings. The molecule has 0 fully saturated rings. The van der Waals surface area contributed by atoms with Gasteiger partial charge in [0.05, 0.1) is 0 Å². The van der Waals surface area contributed by atoms with Crippen LogP contribution in [0.5, 0.6) is 0 Å². The number of rotatable bonds is 10. The van der Waals surface area contributed by atoms with Crippen molar-refractivity contribution in [2.45, 2.75) is 64.5 Å². The Morgan fingerprint density at radius 1 is 1.26 bits per heavy atom. The van der Waals surface area contributed by atoms with Crippen LogP contribution in [0.15, 0.2) is 15.9 Å². The fourth-order valence-electron chi connectivity index (χ4n) is 2.02. The number of unbranched alkanes of at least 4 members (excludes halogenated alkanes) is 4. The molecule has 1 aromatic rings. The minimum atomic E-state index is 0.0486. The quantitative estimate of drug-likeness (QED) is 0.584. The zero-order chi connectivity index (χ0) is 14.1. The lowest BCUT2D eigenvalue weighted by Crippen LogP contribution is -2.29. The molecule has 2 atom stereocenters. The van der Waals surface area contributed by atoms with Crippen molar-refractivity contribution in [3.63, 3.8) is 0 Å². The molecule has 0 aromatic carbocycles. The molecular weight excluding hydrogens is 322 g/mol. The summed E-state index contributed by atoms with van der Waals surface area (Å²) < 4.78 is 7.16. The van der Waals surface area contributed by atoms with Crippen LogP contribution in [0.25, 0.3) is 0 Å². The van der Waals surface area contributed by atoms with Gasteiger partial charge < -0.3 is 10.5 Å². The normalized spacial score (nSPS) is 14.5. The molecule has 0 aliphatic heterocycles. The summed E-state index contributed by atoms with van der Waals surface area (Å²) in [6, 6.07) is 2.21. The van der Waals surface area contributed by atoms with Gasteiger partial charge in [0.25, 0.3) is 0 Å². The first kappa shape index (κ1) is 17.2. The second-order valence-electron chi connectivity index (χ2n) is 4.95. The standard InChI is InChI=1S/C15H26BrNOS/c1-3-5-6-7-8-9-18-15(13(17)4-2)14-10-12(16)11-19-14/h10-11,13,15H,3-9,17H2,1-2H3. The van der Waals surface area contributed by atoms with Gasteiger partial charge in [0, 0.05) is 27.4 Å². The lowest BCUT2D eigenvalue weighted by Gasteiger charge is -2.22. The molecule has 0 saturated heterocycles. The van der Waals surface area contributed by atoms with Crippen LogP contribution in [-0.4, -0.2) is 12.6 Å². The highest BCUT2D eigenvalue weighted by Gasteiger charge is 2.20. The van der Waals surface area contributed by atoms with Gasteiger partial charge in [-0.05, 0) is 34.8 Å². The molecule has 1 aromatic heterocycles. The lowest BCUT2D eigenvalue weighted by molar-refractivity contribution is 0.0334. The molecule has 19 heavy (non-hydrogen) atoms. The van der Waals surface area contributed by atoms with E-state index in [9.17, 15) is 0 Å². The summed E-state index contributed by atoms with van der Waals surface area (Å²) in [6.45, 7) is 5.17. The molecule has 0 saturated carbocycles. The van der Waals surface area contributed by atoms with E-state index in [1.807, 2.05) is 0 Å². The van der Waals surface area contributed by atoms with E-state index in [4.69, 9.17) is 10.5 Å². The van der Waals surface area contributed by atoms with E-state index in [1.165, 1.54) is 30.6 Å². The SMILES string of the molecule is CCCCCCCOC(c1cc(Br)cs1)C(N)CC. The molecule has 4 heteroatoms. The zero-order valence-corrected chi connectivity index (χ0v) is 14.4. The van der Waals surface area contributed by atoms with Crippen LogP contribution in [-0.2, 0) is 4.74 Å². The molecule has 1 rings (SSSR count). The van der Waals surface area contributed by atoms with Crippen LogP contribution in [0.3, 0.4) is 0 Å². The van der Waals surface area contributed by atoms with Crippen LogP contribution in [0.1, 0.15) is 63.4 Å². The first-order chi connectivity index (χ1) is 9.19. The first-order valence-corrected chi connectivity index (χ1v) is 8.97. The maximum Gasteiger partial charge on any atom is 0.107 e. The maximum atomic E-state index is 6.19. The summed E-state index contributed by atoms with van der Waals surface area (Å²) in [7, 11) is 0. The van der Waals surface area contributed by atoms with E-state index in [0.29, 0.717) is 0 Å². The van der Waals surface area contributed by atoms with Crippen molar-refractivity contribution >= 4 is 27.3 Å². The Labute approximate surface area is 129 Å². The predicted octanol–water partition coefficient (Wildman–Crippen LogP) is 5.28. The van der Waals surface area contributed by atoms with Gasteiger partial charge in [0.15, 0.2) is 0 Å². The second-order valence-corrected chi connectivity index (χ2v) is 6.80. The van der Waals surface area contributed by atoms with Gasteiger partial charge in [0.1, 0.15) is 6.10 Å². The van der Waals surface area contributed by atoms with E-state index >= 15 is 0 Å². The van der Waals surface area contributed by atoms with Crippen molar-refractivity contribution in [3.8, 4) is 0 Å². The van der Waals surface area contributed by atoms with Gasteiger partial charge in [0.2, 0.25) is 0 Å². The summed E-state index contributed by atoms with van der Waals surface area (Å²) >= 11 is 5.22. The van der Waals surface area contributed by atoms with Crippen molar-refractivity contribution in [1.29, 1.82) is 0 Å². The summed E-state index contributed by atoms with van der Waals surface area (Å²) in [4.78, 5) is 1.23. The molecule has 2 nitrogen and oxygen atoms in total. The van der Waals surface area contributed by atoms with Gasteiger partial charge in [-0.1, -0.05) is 39.5 Å².